The maximum Gasteiger partial charge on any atom is 0.337 e. The molecule has 3 rings (SSSR count). The highest BCUT2D eigenvalue weighted by Crippen LogP contribution is 2.30. The molecule has 0 saturated carbocycles. The molecule has 3 aromatic rings. The predicted molar refractivity (Wildman–Crippen MR) is 102 cm³/mol. The Morgan fingerprint density at radius 2 is 2.04 bits per heavy atom. The molecule has 1 amide bonds. The predicted octanol–water partition coefficient (Wildman–Crippen LogP) is 3.73. The van der Waals surface area contributed by atoms with E-state index in [1.807, 2.05) is 6.07 Å². The molecule has 0 aliphatic rings. The zero-order valence-corrected chi connectivity index (χ0v) is 14.7. The van der Waals surface area contributed by atoms with Crippen LogP contribution in [0.4, 0.5) is 11.4 Å². The molecule has 26 heavy (non-hydrogen) atoms. The minimum absolute atomic E-state index is 0.0232. The smallest absolute Gasteiger partial charge is 0.337 e. The Morgan fingerprint density at radius 1 is 1.19 bits per heavy atom. The van der Waals surface area contributed by atoms with E-state index < -0.39 is 5.97 Å². The maximum absolute atomic E-state index is 12.2. The molecule has 0 aliphatic carbocycles. The second kappa shape index (κ2) is 7.84. The fraction of sp³-hybridized carbons (Fsp3) is 0.105. The van der Waals surface area contributed by atoms with Crippen LogP contribution >= 0.6 is 11.6 Å². The first-order chi connectivity index (χ1) is 12.6. The number of benzene rings is 2. The van der Waals surface area contributed by atoms with E-state index in [0.29, 0.717) is 22.0 Å². The summed E-state index contributed by atoms with van der Waals surface area (Å²) in [5, 5.41) is 7.92. The van der Waals surface area contributed by atoms with Gasteiger partial charge in [-0.05, 0) is 30.3 Å². The lowest BCUT2D eigenvalue weighted by Crippen LogP contribution is -2.22. The molecule has 0 unspecified atom stereocenters. The van der Waals surface area contributed by atoms with Crippen molar-refractivity contribution in [2.45, 2.75) is 0 Å². The number of carbonyl (C=O) groups excluding carboxylic acids is 2. The number of ether oxygens (including phenoxy) is 1. The summed E-state index contributed by atoms with van der Waals surface area (Å²) in [5.74, 6) is -0.695. The van der Waals surface area contributed by atoms with Gasteiger partial charge in [-0.1, -0.05) is 23.7 Å². The van der Waals surface area contributed by atoms with Crippen molar-refractivity contribution in [3.8, 4) is 0 Å². The maximum atomic E-state index is 12.2. The van der Waals surface area contributed by atoms with E-state index in [2.05, 4.69) is 20.4 Å². The standard InChI is InChI=1S/C19H16ClN3O3/c1-26-19(25)12-3-2-4-14(9-12)22-11-17(24)23-16-6-5-13-10-21-8-7-15(13)18(16)20/h2-10,22H,11H2,1H3,(H,23,24). The first kappa shape index (κ1) is 17.7. The lowest BCUT2D eigenvalue weighted by molar-refractivity contribution is -0.114. The number of aromatic nitrogens is 1. The van der Waals surface area contributed by atoms with Gasteiger partial charge in [0.15, 0.2) is 0 Å². The van der Waals surface area contributed by atoms with E-state index in [0.717, 1.165) is 10.8 Å². The van der Waals surface area contributed by atoms with E-state index >= 15 is 0 Å². The van der Waals surface area contributed by atoms with Crippen molar-refractivity contribution in [1.29, 1.82) is 0 Å². The van der Waals surface area contributed by atoms with Gasteiger partial charge >= 0.3 is 5.97 Å². The van der Waals surface area contributed by atoms with Crippen LogP contribution in [0.2, 0.25) is 5.02 Å². The monoisotopic (exact) mass is 369 g/mol. The summed E-state index contributed by atoms with van der Waals surface area (Å²) < 4.78 is 4.68. The molecule has 0 aliphatic heterocycles. The minimum Gasteiger partial charge on any atom is -0.465 e. The number of amides is 1. The minimum atomic E-state index is -0.435. The fourth-order valence-corrected chi connectivity index (χ4v) is 2.76. The summed E-state index contributed by atoms with van der Waals surface area (Å²) in [6, 6.07) is 12.1. The summed E-state index contributed by atoms with van der Waals surface area (Å²) in [6.07, 6.45) is 3.36. The molecule has 0 atom stereocenters. The zero-order valence-electron chi connectivity index (χ0n) is 14.0. The number of nitrogens with zero attached hydrogens (tertiary/aromatic N) is 1. The first-order valence-corrected chi connectivity index (χ1v) is 8.20. The van der Waals surface area contributed by atoms with E-state index in [1.165, 1.54) is 7.11 Å². The number of carbonyl (C=O) groups is 2. The van der Waals surface area contributed by atoms with Crippen molar-refractivity contribution in [1.82, 2.24) is 4.98 Å². The number of hydrogen-bond donors (Lipinski definition) is 2. The highest BCUT2D eigenvalue weighted by atomic mass is 35.5. The molecule has 6 nitrogen and oxygen atoms in total. The Bertz CT molecular complexity index is 975. The number of methoxy groups -OCH3 is 1. The second-order valence-corrected chi connectivity index (χ2v) is 5.88. The molecule has 0 saturated heterocycles. The molecular formula is C19H16ClN3O3. The Kier molecular flexibility index (Phi) is 5.34. The number of esters is 1. The summed E-state index contributed by atoms with van der Waals surface area (Å²) in [4.78, 5) is 27.8. The van der Waals surface area contributed by atoms with Gasteiger partial charge < -0.3 is 15.4 Å². The van der Waals surface area contributed by atoms with Crippen LogP contribution in [0.5, 0.6) is 0 Å². The van der Waals surface area contributed by atoms with Gasteiger partial charge in [-0.25, -0.2) is 4.79 Å². The van der Waals surface area contributed by atoms with Crippen LogP contribution in [0.15, 0.2) is 54.9 Å². The van der Waals surface area contributed by atoms with Crippen molar-refractivity contribution in [3.63, 3.8) is 0 Å². The lowest BCUT2D eigenvalue weighted by Gasteiger charge is -2.11. The van der Waals surface area contributed by atoms with Gasteiger partial charge in [0.25, 0.3) is 0 Å². The van der Waals surface area contributed by atoms with Crippen molar-refractivity contribution in [2.24, 2.45) is 0 Å². The summed E-state index contributed by atoms with van der Waals surface area (Å²) in [6.45, 7) is 0.0232. The van der Waals surface area contributed by atoms with Crippen LogP contribution in [-0.4, -0.2) is 30.5 Å². The number of anilines is 2. The van der Waals surface area contributed by atoms with Crippen molar-refractivity contribution in [3.05, 3.63) is 65.4 Å². The molecule has 1 heterocycles. The fourth-order valence-electron chi connectivity index (χ4n) is 2.48. The van der Waals surface area contributed by atoms with Crippen molar-refractivity contribution < 1.29 is 14.3 Å². The number of fused-ring (bicyclic) bond motifs is 1. The SMILES string of the molecule is COC(=O)c1cccc(NCC(=O)Nc2ccc3cnccc3c2Cl)c1. The van der Waals surface area contributed by atoms with Gasteiger partial charge in [0, 0.05) is 28.9 Å². The van der Waals surface area contributed by atoms with Gasteiger partial charge in [-0.2, -0.15) is 0 Å². The Balaban J connectivity index is 1.66. The molecule has 7 heteroatoms. The molecule has 0 fully saturated rings. The molecule has 132 valence electrons. The molecule has 0 spiro atoms. The average Bonchev–Trinajstić information content (AvgIpc) is 2.68. The Hall–Kier alpha value is -3.12. The van der Waals surface area contributed by atoms with Gasteiger partial charge in [0.2, 0.25) is 5.91 Å². The van der Waals surface area contributed by atoms with E-state index in [4.69, 9.17) is 11.6 Å². The van der Waals surface area contributed by atoms with Crippen LogP contribution in [0, 0.1) is 0 Å². The van der Waals surface area contributed by atoms with Crippen LogP contribution in [0.3, 0.4) is 0 Å². The molecule has 0 bridgehead atoms. The van der Waals surface area contributed by atoms with Crippen LogP contribution < -0.4 is 10.6 Å². The molecule has 2 aromatic carbocycles. The first-order valence-electron chi connectivity index (χ1n) is 7.83. The highest BCUT2D eigenvalue weighted by Gasteiger charge is 2.10. The summed E-state index contributed by atoms with van der Waals surface area (Å²) in [5.41, 5.74) is 1.57. The van der Waals surface area contributed by atoms with Gasteiger partial charge in [0.1, 0.15) is 0 Å². The van der Waals surface area contributed by atoms with Gasteiger partial charge in [-0.15, -0.1) is 0 Å². The van der Waals surface area contributed by atoms with Crippen LogP contribution in [-0.2, 0) is 9.53 Å². The van der Waals surface area contributed by atoms with Gasteiger partial charge in [0.05, 0.1) is 29.9 Å². The van der Waals surface area contributed by atoms with E-state index in [1.54, 1.807) is 48.8 Å². The zero-order chi connectivity index (χ0) is 18.5. The summed E-state index contributed by atoms with van der Waals surface area (Å²) >= 11 is 6.36. The quantitative estimate of drug-likeness (QED) is 0.670. The Labute approximate surface area is 155 Å². The highest BCUT2D eigenvalue weighted by molar-refractivity contribution is 6.38. The van der Waals surface area contributed by atoms with Crippen LogP contribution in [0.25, 0.3) is 10.8 Å². The van der Waals surface area contributed by atoms with Crippen LogP contribution in [0.1, 0.15) is 10.4 Å². The molecule has 0 radical (unpaired) electrons. The molecule has 1 aromatic heterocycles. The topological polar surface area (TPSA) is 80.3 Å². The van der Waals surface area contributed by atoms with Crippen molar-refractivity contribution >= 4 is 45.6 Å². The third-order valence-corrected chi connectivity index (χ3v) is 4.17. The average molecular weight is 370 g/mol. The number of hydrogen-bond acceptors (Lipinski definition) is 5. The van der Waals surface area contributed by atoms with Gasteiger partial charge in [-0.3, -0.25) is 9.78 Å². The van der Waals surface area contributed by atoms with E-state index in [9.17, 15) is 9.59 Å². The lowest BCUT2D eigenvalue weighted by atomic mass is 10.1. The van der Waals surface area contributed by atoms with Crippen molar-refractivity contribution in [2.75, 3.05) is 24.3 Å². The second-order valence-electron chi connectivity index (χ2n) is 5.50. The normalized spacial score (nSPS) is 10.4. The number of nitrogens with one attached hydrogen (secondary N) is 2. The third-order valence-electron chi connectivity index (χ3n) is 3.77. The van der Waals surface area contributed by atoms with E-state index in [-0.39, 0.29) is 12.5 Å². The molecular weight excluding hydrogens is 354 g/mol. The number of halogens is 1. The summed E-state index contributed by atoms with van der Waals surface area (Å²) in [7, 11) is 1.32. The number of rotatable bonds is 5. The molecule has 2 N–H and O–H groups in total. The third kappa shape index (κ3) is 3.92. The largest absolute Gasteiger partial charge is 0.465 e. The number of pyridine rings is 1. The Morgan fingerprint density at radius 3 is 2.85 bits per heavy atom.